The zero-order chi connectivity index (χ0) is 11.7. The van der Waals surface area contributed by atoms with E-state index in [0.717, 1.165) is 11.3 Å². The molecule has 4 heteroatoms. The van der Waals surface area contributed by atoms with Crippen LogP contribution in [0.1, 0.15) is 6.92 Å². The minimum Gasteiger partial charge on any atom is -0.399 e. The Balaban J connectivity index is 4.44. The molecule has 0 aliphatic heterocycles. The van der Waals surface area contributed by atoms with E-state index in [-0.39, 0.29) is 6.61 Å². The molecule has 0 aromatic heterocycles. The summed E-state index contributed by atoms with van der Waals surface area (Å²) in [5.41, 5.74) is 7.86. The quantitative estimate of drug-likeness (QED) is 0.538. The first-order valence-corrected chi connectivity index (χ1v) is 4.77. The molecule has 4 nitrogen and oxygen atoms in total. The van der Waals surface area contributed by atoms with Crippen molar-refractivity contribution in [1.29, 1.82) is 0 Å². The molecule has 0 atom stereocenters. The fraction of sp³-hybridized carbons (Fsp3) is 0.455. The van der Waals surface area contributed by atoms with E-state index in [0.29, 0.717) is 18.8 Å². The Hall–Kier alpha value is -1.26. The van der Waals surface area contributed by atoms with Gasteiger partial charge in [0, 0.05) is 25.0 Å². The Kier molecular flexibility index (Phi) is 7.40. The van der Waals surface area contributed by atoms with E-state index in [1.54, 1.807) is 13.2 Å². The van der Waals surface area contributed by atoms with Gasteiger partial charge in [-0.15, -0.1) is 0 Å². The van der Waals surface area contributed by atoms with E-state index < -0.39 is 0 Å². The Bertz CT molecular complexity index is 257. The molecule has 0 radical (unpaired) electrons. The van der Waals surface area contributed by atoms with Crippen LogP contribution in [0.15, 0.2) is 35.7 Å². The summed E-state index contributed by atoms with van der Waals surface area (Å²) < 4.78 is 5.01. The number of ether oxygens (including phenoxy) is 1. The van der Waals surface area contributed by atoms with Gasteiger partial charge in [0.2, 0.25) is 0 Å². The van der Waals surface area contributed by atoms with Crippen LogP contribution in [0.2, 0.25) is 0 Å². The van der Waals surface area contributed by atoms with E-state index in [4.69, 9.17) is 15.6 Å². The van der Waals surface area contributed by atoms with Crippen molar-refractivity contribution in [3.63, 3.8) is 0 Å². The van der Waals surface area contributed by atoms with Crippen LogP contribution in [-0.4, -0.2) is 32.0 Å². The molecule has 86 valence electrons. The van der Waals surface area contributed by atoms with Crippen molar-refractivity contribution in [1.82, 2.24) is 5.32 Å². The van der Waals surface area contributed by atoms with Gasteiger partial charge in [0.25, 0.3) is 0 Å². The molecule has 0 amide bonds. The third-order valence-corrected chi connectivity index (χ3v) is 1.58. The van der Waals surface area contributed by atoms with Gasteiger partial charge < -0.3 is 20.9 Å². The van der Waals surface area contributed by atoms with Gasteiger partial charge in [-0.3, -0.25) is 0 Å². The van der Waals surface area contributed by atoms with Crippen LogP contribution in [0.5, 0.6) is 0 Å². The summed E-state index contributed by atoms with van der Waals surface area (Å²) in [6.07, 6.45) is 3.69. The topological polar surface area (TPSA) is 67.5 Å². The molecule has 15 heavy (non-hydrogen) atoms. The minimum absolute atomic E-state index is 0.0907. The lowest BCUT2D eigenvalue weighted by molar-refractivity contribution is 0.217. The average Bonchev–Trinajstić information content (AvgIpc) is 2.13. The number of aliphatic hydroxyl groups excluding tert-OH is 1. The summed E-state index contributed by atoms with van der Waals surface area (Å²) in [4.78, 5) is 0. The van der Waals surface area contributed by atoms with Gasteiger partial charge in [-0.1, -0.05) is 6.58 Å². The Morgan fingerprint density at radius 1 is 1.53 bits per heavy atom. The van der Waals surface area contributed by atoms with Crippen LogP contribution in [0.4, 0.5) is 0 Å². The molecule has 0 saturated carbocycles. The van der Waals surface area contributed by atoms with Crippen molar-refractivity contribution in [2.45, 2.75) is 6.92 Å². The first-order chi connectivity index (χ1) is 7.10. The fourth-order valence-electron chi connectivity index (χ4n) is 1.12. The number of methoxy groups -OCH3 is 1. The lowest BCUT2D eigenvalue weighted by Gasteiger charge is -2.09. The highest BCUT2D eigenvalue weighted by Crippen LogP contribution is 2.02. The molecular weight excluding hydrogens is 192 g/mol. The van der Waals surface area contributed by atoms with Gasteiger partial charge >= 0.3 is 0 Å². The first-order valence-electron chi connectivity index (χ1n) is 4.77. The second-order valence-corrected chi connectivity index (χ2v) is 3.22. The lowest BCUT2D eigenvalue weighted by atomic mass is 10.2. The predicted octanol–water partition coefficient (Wildman–Crippen LogP) is 0.517. The van der Waals surface area contributed by atoms with E-state index in [2.05, 4.69) is 11.9 Å². The summed E-state index contributed by atoms with van der Waals surface area (Å²) in [5.74, 6) is 0. The predicted molar refractivity (Wildman–Crippen MR) is 62.1 cm³/mol. The molecule has 0 saturated heterocycles. The highest BCUT2D eigenvalue weighted by Gasteiger charge is 1.95. The largest absolute Gasteiger partial charge is 0.399 e. The summed E-state index contributed by atoms with van der Waals surface area (Å²) in [5, 5.41) is 11.7. The molecule has 0 bridgehead atoms. The molecule has 0 unspecified atom stereocenters. The van der Waals surface area contributed by atoms with Crippen LogP contribution >= 0.6 is 0 Å². The molecule has 0 rings (SSSR count). The average molecular weight is 212 g/mol. The molecule has 4 N–H and O–H groups in total. The van der Waals surface area contributed by atoms with Gasteiger partial charge in [-0.05, 0) is 24.6 Å². The third kappa shape index (κ3) is 7.78. The molecule has 0 heterocycles. The van der Waals surface area contributed by atoms with E-state index in [1.807, 2.05) is 13.0 Å². The smallest absolute Gasteiger partial charge is 0.0858 e. The second-order valence-electron chi connectivity index (χ2n) is 3.22. The van der Waals surface area contributed by atoms with Gasteiger partial charge in [-0.2, -0.15) is 0 Å². The number of hydrogen-bond donors (Lipinski definition) is 3. The Labute approximate surface area is 91.1 Å². The maximum atomic E-state index is 8.68. The van der Waals surface area contributed by atoms with Crippen molar-refractivity contribution in [2.75, 3.05) is 26.9 Å². The van der Waals surface area contributed by atoms with E-state index in [9.17, 15) is 0 Å². The molecule has 0 aliphatic carbocycles. The molecule has 0 spiro atoms. The number of hydrogen-bond acceptors (Lipinski definition) is 4. The van der Waals surface area contributed by atoms with Gasteiger partial charge in [0.05, 0.1) is 13.2 Å². The van der Waals surface area contributed by atoms with Gasteiger partial charge in [-0.25, -0.2) is 0 Å². The third-order valence-electron chi connectivity index (χ3n) is 1.58. The highest BCUT2D eigenvalue weighted by molar-refractivity contribution is 5.27. The lowest BCUT2D eigenvalue weighted by Crippen LogP contribution is -2.20. The normalized spacial score (nSPS) is 12.7. The molecule has 0 aliphatic rings. The monoisotopic (exact) mass is 212 g/mol. The minimum atomic E-state index is 0.0907. The van der Waals surface area contributed by atoms with Gasteiger partial charge in [0.15, 0.2) is 0 Å². The standard InChI is InChI=1S/C11H20N2O2/c1-9(6-10(2)12)7-11(8-15-3)13-4-5-14/h6-7,13-14H,2,4-5,8,12H2,1,3H3/b9-6-,11-7+. The summed E-state index contributed by atoms with van der Waals surface area (Å²) in [6.45, 7) is 6.59. The molecule has 0 fully saturated rings. The van der Waals surface area contributed by atoms with Crippen LogP contribution in [0.25, 0.3) is 0 Å². The zero-order valence-electron chi connectivity index (χ0n) is 9.42. The highest BCUT2D eigenvalue weighted by atomic mass is 16.5. The summed E-state index contributed by atoms with van der Waals surface area (Å²) >= 11 is 0. The van der Waals surface area contributed by atoms with Crippen LogP contribution < -0.4 is 11.1 Å². The molecule has 0 aromatic carbocycles. The Morgan fingerprint density at radius 3 is 2.67 bits per heavy atom. The van der Waals surface area contributed by atoms with Crippen molar-refractivity contribution in [3.8, 4) is 0 Å². The van der Waals surface area contributed by atoms with Crippen molar-refractivity contribution >= 4 is 0 Å². The maximum absolute atomic E-state index is 8.68. The number of aliphatic hydroxyl groups is 1. The number of rotatable bonds is 7. The number of allylic oxidation sites excluding steroid dienone is 3. The van der Waals surface area contributed by atoms with Crippen molar-refractivity contribution in [2.24, 2.45) is 5.73 Å². The maximum Gasteiger partial charge on any atom is 0.0858 e. The van der Waals surface area contributed by atoms with E-state index >= 15 is 0 Å². The summed E-state index contributed by atoms with van der Waals surface area (Å²) in [7, 11) is 1.62. The fourth-order valence-corrected chi connectivity index (χ4v) is 1.12. The first kappa shape index (κ1) is 13.7. The summed E-state index contributed by atoms with van der Waals surface area (Å²) in [6, 6.07) is 0. The van der Waals surface area contributed by atoms with Crippen molar-refractivity contribution < 1.29 is 9.84 Å². The van der Waals surface area contributed by atoms with Crippen LogP contribution in [0, 0.1) is 0 Å². The van der Waals surface area contributed by atoms with E-state index in [1.165, 1.54) is 0 Å². The molecular formula is C11H20N2O2. The number of nitrogens with one attached hydrogen (secondary N) is 1. The second kappa shape index (κ2) is 8.08. The van der Waals surface area contributed by atoms with Crippen LogP contribution in [0.3, 0.4) is 0 Å². The zero-order valence-corrected chi connectivity index (χ0v) is 9.42. The SMILES string of the molecule is C=C(N)/C=C(C)\C=C(/COC)NCCO. The van der Waals surface area contributed by atoms with Crippen LogP contribution in [-0.2, 0) is 4.74 Å². The van der Waals surface area contributed by atoms with Crippen molar-refractivity contribution in [3.05, 3.63) is 35.7 Å². The number of nitrogens with two attached hydrogens (primary N) is 1. The molecule has 0 aromatic rings. The Morgan fingerprint density at radius 2 is 2.20 bits per heavy atom. The van der Waals surface area contributed by atoms with Gasteiger partial charge in [0.1, 0.15) is 0 Å².